The molecular formula is C11H11N3O2. The van der Waals surface area contributed by atoms with E-state index >= 15 is 0 Å². The standard InChI is InChI=1S/C11H11N3O2/c1-2-9-12-6-7-14(9)10-8(11(15)16)4-3-5-13-10/h3-7H,2H2,1H3,(H,15,16). The number of aryl methyl sites for hydroxylation is 1. The molecule has 5 nitrogen and oxygen atoms in total. The van der Waals surface area contributed by atoms with Crippen LogP contribution < -0.4 is 0 Å². The number of nitrogens with zero attached hydrogens (tertiary/aromatic N) is 3. The maximum absolute atomic E-state index is 11.0. The summed E-state index contributed by atoms with van der Waals surface area (Å²) in [6, 6.07) is 3.14. The van der Waals surface area contributed by atoms with Crippen LogP contribution in [0.25, 0.3) is 5.82 Å². The second-order valence-electron chi connectivity index (χ2n) is 3.25. The first kappa shape index (κ1) is 10.4. The summed E-state index contributed by atoms with van der Waals surface area (Å²) < 4.78 is 1.70. The molecule has 0 aliphatic carbocycles. The quantitative estimate of drug-likeness (QED) is 0.846. The fraction of sp³-hybridized carbons (Fsp3) is 0.182. The summed E-state index contributed by atoms with van der Waals surface area (Å²) in [7, 11) is 0. The van der Waals surface area contributed by atoms with Gasteiger partial charge in [-0.2, -0.15) is 0 Å². The van der Waals surface area contributed by atoms with E-state index in [1.165, 1.54) is 6.07 Å². The molecule has 0 unspecified atom stereocenters. The number of carboxylic acid groups (broad SMARTS) is 1. The van der Waals surface area contributed by atoms with Gasteiger partial charge in [0.25, 0.3) is 0 Å². The van der Waals surface area contributed by atoms with Gasteiger partial charge in [0.05, 0.1) is 0 Å². The van der Waals surface area contributed by atoms with Crippen LogP contribution >= 0.6 is 0 Å². The molecule has 5 heteroatoms. The molecule has 0 saturated carbocycles. The van der Waals surface area contributed by atoms with E-state index in [0.717, 1.165) is 12.2 Å². The third-order valence-corrected chi connectivity index (χ3v) is 2.28. The van der Waals surface area contributed by atoms with Crippen molar-refractivity contribution in [2.75, 3.05) is 0 Å². The minimum absolute atomic E-state index is 0.176. The lowest BCUT2D eigenvalue weighted by atomic mass is 10.2. The Kier molecular flexibility index (Phi) is 2.68. The van der Waals surface area contributed by atoms with Gasteiger partial charge in [-0.15, -0.1) is 0 Å². The molecule has 0 fully saturated rings. The maximum atomic E-state index is 11.0. The van der Waals surface area contributed by atoms with E-state index in [1.807, 2.05) is 6.92 Å². The first-order valence-electron chi connectivity index (χ1n) is 4.95. The number of imidazole rings is 1. The fourth-order valence-corrected chi connectivity index (χ4v) is 1.54. The fourth-order valence-electron chi connectivity index (χ4n) is 1.54. The molecule has 2 aromatic rings. The van der Waals surface area contributed by atoms with E-state index in [-0.39, 0.29) is 5.56 Å². The monoisotopic (exact) mass is 217 g/mol. The molecule has 16 heavy (non-hydrogen) atoms. The van der Waals surface area contributed by atoms with Gasteiger partial charge in [-0.1, -0.05) is 6.92 Å². The van der Waals surface area contributed by atoms with E-state index in [0.29, 0.717) is 5.82 Å². The second kappa shape index (κ2) is 4.14. The second-order valence-corrected chi connectivity index (χ2v) is 3.25. The van der Waals surface area contributed by atoms with Crippen LogP contribution in [0.15, 0.2) is 30.7 Å². The SMILES string of the molecule is CCc1nccn1-c1ncccc1C(=O)O. The van der Waals surface area contributed by atoms with Crippen molar-refractivity contribution >= 4 is 5.97 Å². The Morgan fingerprint density at radius 2 is 2.25 bits per heavy atom. The third kappa shape index (κ3) is 1.67. The Labute approximate surface area is 92.4 Å². The van der Waals surface area contributed by atoms with Gasteiger partial charge >= 0.3 is 5.97 Å². The van der Waals surface area contributed by atoms with Gasteiger partial charge in [0.1, 0.15) is 11.4 Å². The molecule has 2 aromatic heterocycles. The Morgan fingerprint density at radius 1 is 1.44 bits per heavy atom. The van der Waals surface area contributed by atoms with Crippen LogP contribution in [-0.2, 0) is 6.42 Å². The number of hydrogen-bond acceptors (Lipinski definition) is 3. The predicted octanol–water partition coefficient (Wildman–Crippen LogP) is 1.53. The van der Waals surface area contributed by atoms with Gasteiger partial charge in [-0.05, 0) is 12.1 Å². The summed E-state index contributed by atoms with van der Waals surface area (Å²) >= 11 is 0. The molecular weight excluding hydrogens is 206 g/mol. The molecule has 1 N–H and O–H groups in total. The number of carbonyl (C=O) groups is 1. The summed E-state index contributed by atoms with van der Waals surface area (Å²) in [5, 5.41) is 9.05. The summed E-state index contributed by atoms with van der Waals surface area (Å²) in [5.74, 6) is 0.212. The first-order chi connectivity index (χ1) is 7.74. The molecule has 0 aliphatic rings. The smallest absolute Gasteiger partial charge is 0.339 e. The lowest BCUT2D eigenvalue weighted by Crippen LogP contribution is -2.09. The van der Waals surface area contributed by atoms with Crippen LogP contribution in [0.4, 0.5) is 0 Å². The summed E-state index contributed by atoms with van der Waals surface area (Å²) in [5.41, 5.74) is 0.176. The topological polar surface area (TPSA) is 68.0 Å². The minimum Gasteiger partial charge on any atom is -0.478 e. The van der Waals surface area contributed by atoms with E-state index < -0.39 is 5.97 Å². The Hall–Kier alpha value is -2.17. The van der Waals surface area contributed by atoms with Crippen molar-refractivity contribution in [2.24, 2.45) is 0 Å². The number of hydrogen-bond donors (Lipinski definition) is 1. The average molecular weight is 217 g/mol. The normalized spacial score (nSPS) is 10.3. The van der Waals surface area contributed by atoms with Crippen LogP contribution in [-0.4, -0.2) is 25.6 Å². The van der Waals surface area contributed by atoms with Crippen molar-refractivity contribution in [3.05, 3.63) is 42.1 Å². The van der Waals surface area contributed by atoms with Gasteiger partial charge in [0.2, 0.25) is 0 Å². The van der Waals surface area contributed by atoms with Crippen molar-refractivity contribution in [3.63, 3.8) is 0 Å². The molecule has 0 radical (unpaired) electrons. The van der Waals surface area contributed by atoms with Crippen LogP contribution in [0, 0.1) is 0 Å². The maximum Gasteiger partial charge on any atom is 0.339 e. The summed E-state index contributed by atoms with van der Waals surface area (Å²) in [6.07, 6.45) is 5.65. The Morgan fingerprint density at radius 3 is 2.94 bits per heavy atom. The van der Waals surface area contributed by atoms with Crippen LogP contribution in [0.1, 0.15) is 23.1 Å². The molecule has 0 amide bonds. The zero-order valence-electron chi connectivity index (χ0n) is 8.79. The largest absolute Gasteiger partial charge is 0.478 e. The van der Waals surface area contributed by atoms with E-state index in [1.54, 1.807) is 29.2 Å². The lowest BCUT2D eigenvalue weighted by molar-refractivity contribution is 0.0696. The minimum atomic E-state index is -0.987. The highest BCUT2D eigenvalue weighted by atomic mass is 16.4. The van der Waals surface area contributed by atoms with Crippen LogP contribution in [0.5, 0.6) is 0 Å². The first-order valence-corrected chi connectivity index (χ1v) is 4.95. The Bertz CT molecular complexity index is 519. The van der Waals surface area contributed by atoms with Gasteiger partial charge < -0.3 is 5.11 Å². The van der Waals surface area contributed by atoms with Crippen LogP contribution in [0.2, 0.25) is 0 Å². The molecule has 0 aromatic carbocycles. The number of rotatable bonds is 3. The molecule has 0 atom stereocenters. The van der Waals surface area contributed by atoms with E-state index in [9.17, 15) is 4.79 Å². The van der Waals surface area contributed by atoms with Crippen molar-refractivity contribution in [3.8, 4) is 5.82 Å². The number of aromatic nitrogens is 3. The molecule has 82 valence electrons. The van der Waals surface area contributed by atoms with E-state index in [4.69, 9.17) is 5.11 Å². The lowest BCUT2D eigenvalue weighted by Gasteiger charge is -2.07. The highest BCUT2D eigenvalue weighted by Crippen LogP contribution is 2.13. The van der Waals surface area contributed by atoms with Crippen molar-refractivity contribution < 1.29 is 9.90 Å². The summed E-state index contributed by atoms with van der Waals surface area (Å²) in [6.45, 7) is 1.96. The number of pyridine rings is 1. The molecule has 0 spiro atoms. The molecule has 0 saturated heterocycles. The Balaban J connectivity index is 2.60. The third-order valence-electron chi connectivity index (χ3n) is 2.28. The van der Waals surface area contributed by atoms with Crippen molar-refractivity contribution in [2.45, 2.75) is 13.3 Å². The zero-order chi connectivity index (χ0) is 11.5. The zero-order valence-corrected chi connectivity index (χ0v) is 8.79. The summed E-state index contributed by atoms with van der Waals surface area (Å²) in [4.78, 5) is 19.3. The van der Waals surface area contributed by atoms with Gasteiger partial charge in [-0.25, -0.2) is 14.8 Å². The van der Waals surface area contributed by atoms with E-state index in [2.05, 4.69) is 9.97 Å². The number of carboxylic acids is 1. The molecule has 2 rings (SSSR count). The average Bonchev–Trinajstić information content (AvgIpc) is 2.76. The van der Waals surface area contributed by atoms with Crippen molar-refractivity contribution in [1.82, 2.24) is 14.5 Å². The predicted molar refractivity (Wildman–Crippen MR) is 57.7 cm³/mol. The molecule has 2 heterocycles. The highest BCUT2D eigenvalue weighted by Gasteiger charge is 2.13. The molecule has 0 bridgehead atoms. The van der Waals surface area contributed by atoms with Crippen molar-refractivity contribution in [1.29, 1.82) is 0 Å². The van der Waals surface area contributed by atoms with Gasteiger partial charge in [0.15, 0.2) is 5.82 Å². The van der Waals surface area contributed by atoms with Crippen LogP contribution in [0.3, 0.4) is 0 Å². The molecule has 0 aliphatic heterocycles. The van der Waals surface area contributed by atoms with Gasteiger partial charge in [0, 0.05) is 25.0 Å². The highest BCUT2D eigenvalue weighted by molar-refractivity contribution is 5.91. The van der Waals surface area contributed by atoms with Gasteiger partial charge in [-0.3, -0.25) is 4.57 Å². The number of aromatic carboxylic acids is 1.